The van der Waals surface area contributed by atoms with Crippen molar-refractivity contribution in [2.45, 2.75) is 18.9 Å². The van der Waals surface area contributed by atoms with Gasteiger partial charge in [-0.05, 0) is 18.4 Å². The lowest BCUT2D eigenvalue weighted by atomic mass is 10.0. The van der Waals surface area contributed by atoms with Gasteiger partial charge in [0.15, 0.2) is 5.69 Å². The van der Waals surface area contributed by atoms with E-state index in [9.17, 15) is 9.59 Å². The lowest BCUT2D eigenvalue weighted by Crippen LogP contribution is -2.31. The molecule has 1 atom stereocenters. The van der Waals surface area contributed by atoms with Gasteiger partial charge in [-0.1, -0.05) is 30.3 Å². The standard InChI is InChI=1S/C16H15N3O3/c20-15(12-9-18-13(10-17-12)16(21)22)19-8-4-7-14(19)11-5-2-1-3-6-11/h1-3,5-6,9-10,14H,4,7-8H2,(H,21,22). The maximum atomic E-state index is 12.6. The maximum Gasteiger partial charge on any atom is 0.356 e. The zero-order valence-corrected chi connectivity index (χ0v) is 11.8. The Labute approximate surface area is 127 Å². The number of nitrogens with zero attached hydrogens (tertiary/aromatic N) is 3. The van der Waals surface area contributed by atoms with Gasteiger partial charge in [0.2, 0.25) is 0 Å². The van der Waals surface area contributed by atoms with Crippen LogP contribution in [0.15, 0.2) is 42.7 Å². The number of likely N-dealkylation sites (tertiary alicyclic amines) is 1. The van der Waals surface area contributed by atoms with Crippen LogP contribution in [0.3, 0.4) is 0 Å². The molecule has 6 heteroatoms. The van der Waals surface area contributed by atoms with E-state index in [0.717, 1.165) is 24.6 Å². The third kappa shape index (κ3) is 2.67. The van der Waals surface area contributed by atoms with Crippen LogP contribution in [0.4, 0.5) is 0 Å². The molecule has 0 saturated carbocycles. The van der Waals surface area contributed by atoms with E-state index in [-0.39, 0.29) is 23.3 Å². The molecular formula is C16H15N3O3. The summed E-state index contributed by atoms with van der Waals surface area (Å²) in [6, 6.07) is 9.91. The summed E-state index contributed by atoms with van der Waals surface area (Å²) < 4.78 is 0. The summed E-state index contributed by atoms with van der Waals surface area (Å²) >= 11 is 0. The van der Waals surface area contributed by atoms with Crippen molar-refractivity contribution in [3.05, 3.63) is 59.7 Å². The van der Waals surface area contributed by atoms with Crippen molar-refractivity contribution >= 4 is 11.9 Å². The van der Waals surface area contributed by atoms with E-state index in [4.69, 9.17) is 5.11 Å². The number of aromatic nitrogens is 2. The van der Waals surface area contributed by atoms with Crippen molar-refractivity contribution in [1.29, 1.82) is 0 Å². The Bertz CT molecular complexity index is 686. The first kappa shape index (κ1) is 14.2. The van der Waals surface area contributed by atoms with Crippen LogP contribution in [0.1, 0.15) is 45.4 Å². The quantitative estimate of drug-likeness (QED) is 0.938. The molecule has 1 aliphatic heterocycles. The van der Waals surface area contributed by atoms with Crippen LogP contribution >= 0.6 is 0 Å². The van der Waals surface area contributed by atoms with Crippen LogP contribution in [0.2, 0.25) is 0 Å². The monoisotopic (exact) mass is 297 g/mol. The fraction of sp³-hybridized carbons (Fsp3) is 0.250. The van der Waals surface area contributed by atoms with Crippen LogP contribution in [0.5, 0.6) is 0 Å². The molecule has 6 nitrogen and oxygen atoms in total. The molecule has 1 N–H and O–H groups in total. The first-order valence-corrected chi connectivity index (χ1v) is 7.08. The Morgan fingerprint density at radius 1 is 1.09 bits per heavy atom. The molecular weight excluding hydrogens is 282 g/mol. The van der Waals surface area contributed by atoms with Crippen molar-refractivity contribution in [3.8, 4) is 0 Å². The molecule has 0 spiro atoms. The average molecular weight is 297 g/mol. The maximum absolute atomic E-state index is 12.6. The topological polar surface area (TPSA) is 83.4 Å². The lowest BCUT2D eigenvalue weighted by molar-refractivity contribution is 0.0683. The minimum atomic E-state index is -1.16. The number of rotatable bonds is 3. The van der Waals surface area contributed by atoms with Gasteiger partial charge < -0.3 is 10.0 Å². The summed E-state index contributed by atoms with van der Waals surface area (Å²) in [5, 5.41) is 8.82. The first-order valence-electron chi connectivity index (χ1n) is 7.08. The second kappa shape index (κ2) is 5.93. The Balaban J connectivity index is 1.83. The largest absolute Gasteiger partial charge is 0.476 e. The highest BCUT2D eigenvalue weighted by atomic mass is 16.4. The Morgan fingerprint density at radius 3 is 2.41 bits per heavy atom. The Morgan fingerprint density at radius 2 is 1.77 bits per heavy atom. The zero-order chi connectivity index (χ0) is 15.5. The number of benzene rings is 1. The van der Waals surface area contributed by atoms with Gasteiger partial charge >= 0.3 is 5.97 Å². The highest BCUT2D eigenvalue weighted by Gasteiger charge is 2.31. The van der Waals surface area contributed by atoms with Crippen LogP contribution in [0, 0.1) is 0 Å². The molecule has 2 aromatic rings. The van der Waals surface area contributed by atoms with E-state index < -0.39 is 5.97 Å². The summed E-state index contributed by atoms with van der Waals surface area (Å²) in [7, 11) is 0. The number of hydrogen-bond acceptors (Lipinski definition) is 4. The molecule has 1 saturated heterocycles. The van der Waals surface area contributed by atoms with Crippen molar-refractivity contribution < 1.29 is 14.7 Å². The number of aromatic carboxylic acids is 1. The molecule has 0 aliphatic carbocycles. The third-order valence-corrected chi connectivity index (χ3v) is 3.79. The van der Waals surface area contributed by atoms with E-state index in [1.165, 1.54) is 6.20 Å². The van der Waals surface area contributed by atoms with Gasteiger partial charge in [-0.15, -0.1) is 0 Å². The zero-order valence-electron chi connectivity index (χ0n) is 11.8. The molecule has 112 valence electrons. The van der Waals surface area contributed by atoms with E-state index >= 15 is 0 Å². The second-order valence-corrected chi connectivity index (χ2v) is 5.16. The smallest absolute Gasteiger partial charge is 0.356 e. The number of hydrogen-bond donors (Lipinski definition) is 1. The fourth-order valence-corrected chi connectivity index (χ4v) is 2.73. The Hall–Kier alpha value is -2.76. The molecule has 2 heterocycles. The van der Waals surface area contributed by atoms with Gasteiger partial charge in [0.05, 0.1) is 18.4 Å². The molecule has 1 fully saturated rings. The second-order valence-electron chi connectivity index (χ2n) is 5.16. The number of amides is 1. The van der Waals surface area contributed by atoms with Crippen LogP contribution in [-0.4, -0.2) is 38.4 Å². The van der Waals surface area contributed by atoms with Gasteiger partial charge in [0.1, 0.15) is 5.69 Å². The summed E-state index contributed by atoms with van der Waals surface area (Å²) in [5.41, 5.74) is 1.11. The van der Waals surface area contributed by atoms with E-state index in [1.54, 1.807) is 4.90 Å². The van der Waals surface area contributed by atoms with Crippen LogP contribution in [0.25, 0.3) is 0 Å². The van der Waals surface area contributed by atoms with Gasteiger partial charge in [0.25, 0.3) is 5.91 Å². The van der Waals surface area contributed by atoms with Crippen molar-refractivity contribution in [3.63, 3.8) is 0 Å². The summed E-state index contributed by atoms with van der Waals surface area (Å²) in [4.78, 5) is 32.8. The lowest BCUT2D eigenvalue weighted by Gasteiger charge is -2.24. The number of carboxylic acid groups (broad SMARTS) is 1. The molecule has 1 aliphatic rings. The predicted octanol–water partition coefficient (Wildman–Crippen LogP) is 2.15. The predicted molar refractivity (Wildman–Crippen MR) is 78.4 cm³/mol. The van der Waals surface area contributed by atoms with Crippen molar-refractivity contribution in [2.75, 3.05) is 6.54 Å². The van der Waals surface area contributed by atoms with Crippen molar-refractivity contribution in [2.24, 2.45) is 0 Å². The Kier molecular flexibility index (Phi) is 3.82. The fourth-order valence-electron chi connectivity index (χ4n) is 2.73. The number of carboxylic acids is 1. The first-order chi connectivity index (χ1) is 10.7. The SMILES string of the molecule is O=C(O)c1cnc(C(=O)N2CCCC2c2ccccc2)cn1. The summed E-state index contributed by atoms with van der Waals surface area (Å²) in [5.74, 6) is -1.37. The minimum Gasteiger partial charge on any atom is -0.476 e. The molecule has 3 rings (SSSR count). The van der Waals surface area contributed by atoms with E-state index in [1.807, 2.05) is 30.3 Å². The third-order valence-electron chi connectivity index (χ3n) is 3.79. The highest BCUT2D eigenvalue weighted by molar-refractivity contribution is 5.93. The normalized spacial score (nSPS) is 17.5. The van der Waals surface area contributed by atoms with Gasteiger partial charge in [0, 0.05) is 6.54 Å². The molecule has 1 amide bonds. The summed E-state index contributed by atoms with van der Waals surface area (Å²) in [6.07, 6.45) is 4.19. The number of carbonyl (C=O) groups excluding carboxylic acids is 1. The molecule has 0 bridgehead atoms. The number of carbonyl (C=O) groups is 2. The molecule has 1 aromatic carbocycles. The van der Waals surface area contributed by atoms with Gasteiger partial charge in [-0.3, -0.25) is 4.79 Å². The van der Waals surface area contributed by atoms with E-state index in [0.29, 0.717) is 6.54 Å². The molecule has 1 aromatic heterocycles. The highest BCUT2D eigenvalue weighted by Crippen LogP contribution is 2.32. The molecule has 0 radical (unpaired) electrons. The summed E-state index contributed by atoms with van der Waals surface area (Å²) in [6.45, 7) is 0.667. The van der Waals surface area contributed by atoms with Crippen molar-refractivity contribution in [1.82, 2.24) is 14.9 Å². The van der Waals surface area contributed by atoms with E-state index in [2.05, 4.69) is 9.97 Å². The van der Waals surface area contributed by atoms with Gasteiger partial charge in [-0.2, -0.15) is 0 Å². The average Bonchev–Trinajstić information content (AvgIpc) is 3.04. The van der Waals surface area contributed by atoms with Crippen LogP contribution < -0.4 is 0 Å². The molecule has 1 unspecified atom stereocenters. The molecule has 22 heavy (non-hydrogen) atoms. The van der Waals surface area contributed by atoms with Crippen LogP contribution in [-0.2, 0) is 0 Å². The van der Waals surface area contributed by atoms with Gasteiger partial charge in [-0.25, -0.2) is 14.8 Å². The minimum absolute atomic E-state index is 0.0367.